The molecule has 0 saturated carbocycles. The molecule has 1 aliphatic rings. The summed E-state index contributed by atoms with van der Waals surface area (Å²) in [4.78, 5) is 17.3. The Labute approximate surface area is 119 Å². The van der Waals surface area contributed by atoms with Crippen molar-refractivity contribution < 1.29 is 4.92 Å². The van der Waals surface area contributed by atoms with Gasteiger partial charge in [-0.05, 0) is 40.3 Å². The molecule has 0 spiro atoms. The van der Waals surface area contributed by atoms with E-state index in [1.54, 1.807) is 20.0 Å². The zero-order valence-electron chi connectivity index (χ0n) is 12.3. The van der Waals surface area contributed by atoms with Crippen LogP contribution in [0.2, 0.25) is 0 Å². The van der Waals surface area contributed by atoms with Crippen LogP contribution in [0.5, 0.6) is 0 Å². The molecule has 1 atom stereocenters. The van der Waals surface area contributed by atoms with Gasteiger partial charge in [-0.3, -0.25) is 20.0 Å². The summed E-state index contributed by atoms with van der Waals surface area (Å²) < 4.78 is 0. The number of nitrogens with one attached hydrogen (secondary N) is 1. The number of nitrogens with zero attached hydrogens (tertiary/aromatic N) is 3. The van der Waals surface area contributed by atoms with E-state index in [-0.39, 0.29) is 10.6 Å². The Hall–Kier alpha value is -1.53. The molecule has 1 aromatic rings. The molecule has 2 heterocycles. The minimum absolute atomic E-state index is 0.197. The highest BCUT2D eigenvalue weighted by atomic mass is 16.6. The second kappa shape index (κ2) is 6.28. The number of aromatic nitrogens is 1. The van der Waals surface area contributed by atoms with Gasteiger partial charge in [0.25, 0.3) is 5.69 Å². The minimum Gasteiger partial charge on any atom is -0.313 e. The van der Waals surface area contributed by atoms with Gasteiger partial charge in [-0.15, -0.1) is 0 Å². The number of likely N-dealkylation sites (N-methyl/N-ethyl adjacent to an activating group) is 1. The fraction of sp³-hybridized carbons (Fsp3) is 0.643. The molecule has 0 bridgehead atoms. The zero-order chi connectivity index (χ0) is 14.7. The summed E-state index contributed by atoms with van der Waals surface area (Å²) in [5.74, 6) is 0. The summed E-state index contributed by atoms with van der Waals surface area (Å²) >= 11 is 0. The minimum atomic E-state index is -0.311. The predicted octanol–water partition coefficient (Wildman–Crippen LogP) is 1.79. The largest absolute Gasteiger partial charge is 0.313 e. The maximum absolute atomic E-state index is 11.1. The van der Waals surface area contributed by atoms with Crippen molar-refractivity contribution in [1.29, 1.82) is 0 Å². The summed E-state index contributed by atoms with van der Waals surface area (Å²) in [6.45, 7) is 6.20. The first-order valence-electron chi connectivity index (χ1n) is 7.00. The van der Waals surface area contributed by atoms with Crippen LogP contribution >= 0.6 is 0 Å². The van der Waals surface area contributed by atoms with E-state index in [2.05, 4.69) is 15.2 Å². The molecular weight excluding hydrogens is 256 g/mol. The number of hydrogen-bond acceptors (Lipinski definition) is 5. The average molecular weight is 278 g/mol. The number of rotatable bonds is 5. The van der Waals surface area contributed by atoms with Crippen molar-refractivity contribution in [3.05, 3.63) is 33.1 Å². The lowest BCUT2D eigenvalue weighted by atomic mass is 10.1. The quantitative estimate of drug-likeness (QED) is 0.656. The van der Waals surface area contributed by atoms with Crippen molar-refractivity contribution in [2.24, 2.45) is 0 Å². The molecular formula is C14H22N4O2. The van der Waals surface area contributed by atoms with Gasteiger partial charge in [0.05, 0.1) is 10.6 Å². The van der Waals surface area contributed by atoms with E-state index in [1.807, 2.05) is 7.05 Å². The average Bonchev–Trinajstić information content (AvgIpc) is 2.85. The Balaban J connectivity index is 2.08. The first kappa shape index (κ1) is 14.9. The maximum Gasteiger partial charge on any atom is 0.278 e. The topological polar surface area (TPSA) is 71.3 Å². The molecule has 0 aliphatic carbocycles. The van der Waals surface area contributed by atoms with Crippen LogP contribution in [0, 0.1) is 24.0 Å². The first-order valence-corrected chi connectivity index (χ1v) is 7.00. The summed E-state index contributed by atoms with van der Waals surface area (Å²) in [6, 6.07) is 0.528. The highest BCUT2D eigenvalue weighted by molar-refractivity contribution is 5.47. The first-order chi connectivity index (χ1) is 9.49. The summed E-state index contributed by atoms with van der Waals surface area (Å²) in [5.41, 5.74) is 2.29. The fourth-order valence-corrected chi connectivity index (χ4v) is 2.81. The molecule has 0 amide bonds. The third kappa shape index (κ3) is 3.32. The third-order valence-electron chi connectivity index (χ3n) is 3.87. The highest BCUT2D eigenvalue weighted by Gasteiger charge is 2.21. The van der Waals surface area contributed by atoms with Crippen LogP contribution in [-0.4, -0.2) is 41.0 Å². The van der Waals surface area contributed by atoms with Crippen LogP contribution in [0.1, 0.15) is 29.7 Å². The van der Waals surface area contributed by atoms with Crippen LogP contribution in [0.25, 0.3) is 0 Å². The van der Waals surface area contributed by atoms with Gasteiger partial charge in [-0.25, -0.2) is 0 Å². The molecule has 6 nitrogen and oxygen atoms in total. The number of pyridine rings is 1. The Morgan fingerprint density at radius 2 is 2.30 bits per heavy atom. The lowest BCUT2D eigenvalue weighted by Gasteiger charge is -2.21. The smallest absolute Gasteiger partial charge is 0.278 e. The molecule has 110 valence electrons. The summed E-state index contributed by atoms with van der Waals surface area (Å²) in [7, 11) is 2.03. The maximum atomic E-state index is 11.1. The molecule has 0 radical (unpaired) electrons. The van der Waals surface area contributed by atoms with Gasteiger partial charge in [0.2, 0.25) is 0 Å². The Bertz CT molecular complexity index is 498. The lowest BCUT2D eigenvalue weighted by Crippen LogP contribution is -2.35. The van der Waals surface area contributed by atoms with Crippen molar-refractivity contribution in [2.75, 3.05) is 20.1 Å². The Morgan fingerprint density at radius 3 is 2.90 bits per heavy atom. The van der Waals surface area contributed by atoms with E-state index in [9.17, 15) is 10.1 Å². The summed E-state index contributed by atoms with van der Waals surface area (Å²) in [6.07, 6.45) is 4.03. The van der Waals surface area contributed by atoms with Gasteiger partial charge >= 0.3 is 0 Å². The van der Waals surface area contributed by atoms with Crippen molar-refractivity contribution in [2.45, 2.75) is 39.3 Å². The molecule has 1 saturated heterocycles. The SMILES string of the molecule is Cc1cnc(CN(C)CC2CCCN2)c(C)c1[N+](=O)[O-]. The standard InChI is InChI=1S/C14H22N4O2/c1-10-7-16-13(11(2)14(10)18(19)20)9-17(3)8-12-5-4-6-15-12/h7,12,15H,4-6,8-9H2,1-3H3. The van der Waals surface area contributed by atoms with Gasteiger partial charge in [-0.1, -0.05) is 0 Å². The van der Waals surface area contributed by atoms with Crippen molar-refractivity contribution in [1.82, 2.24) is 15.2 Å². The molecule has 6 heteroatoms. The van der Waals surface area contributed by atoms with Gasteiger partial charge in [0.1, 0.15) is 0 Å². The number of aryl methyl sites for hydroxylation is 1. The van der Waals surface area contributed by atoms with E-state index in [0.717, 1.165) is 18.8 Å². The highest BCUT2D eigenvalue weighted by Crippen LogP contribution is 2.24. The molecule has 1 aromatic heterocycles. The van der Waals surface area contributed by atoms with E-state index < -0.39 is 0 Å². The lowest BCUT2D eigenvalue weighted by molar-refractivity contribution is -0.386. The van der Waals surface area contributed by atoms with Crippen molar-refractivity contribution >= 4 is 5.69 Å². The van der Waals surface area contributed by atoms with Crippen LogP contribution in [-0.2, 0) is 6.54 Å². The predicted molar refractivity (Wildman–Crippen MR) is 77.7 cm³/mol. The number of nitro groups is 1. The van der Waals surface area contributed by atoms with Crippen molar-refractivity contribution in [3.63, 3.8) is 0 Å². The van der Waals surface area contributed by atoms with Gasteiger partial charge in [0, 0.05) is 36.5 Å². The summed E-state index contributed by atoms with van der Waals surface area (Å²) in [5, 5.41) is 14.6. The van der Waals surface area contributed by atoms with E-state index in [1.165, 1.54) is 12.8 Å². The monoisotopic (exact) mass is 278 g/mol. The van der Waals surface area contributed by atoms with Crippen LogP contribution in [0.3, 0.4) is 0 Å². The third-order valence-corrected chi connectivity index (χ3v) is 3.87. The normalized spacial score (nSPS) is 18.7. The molecule has 1 N–H and O–H groups in total. The van der Waals surface area contributed by atoms with E-state index in [0.29, 0.717) is 23.7 Å². The molecule has 20 heavy (non-hydrogen) atoms. The van der Waals surface area contributed by atoms with E-state index in [4.69, 9.17) is 0 Å². The zero-order valence-corrected chi connectivity index (χ0v) is 12.3. The fourth-order valence-electron chi connectivity index (χ4n) is 2.81. The van der Waals surface area contributed by atoms with Crippen LogP contribution in [0.4, 0.5) is 5.69 Å². The molecule has 1 aliphatic heterocycles. The Kier molecular flexibility index (Phi) is 4.67. The van der Waals surface area contributed by atoms with Crippen molar-refractivity contribution in [3.8, 4) is 0 Å². The van der Waals surface area contributed by atoms with Crippen LogP contribution in [0.15, 0.2) is 6.20 Å². The van der Waals surface area contributed by atoms with E-state index >= 15 is 0 Å². The molecule has 1 fully saturated rings. The molecule has 1 unspecified atom stereocenters. The van der Waals surface area contributed by atoms with Crippen LogP contribution < -0.4 is 5.32 Å². The second-order valence-electron chi connectivity index (χ2n) is 5.61. The number of hydrogen-bond donors (Lipinski definition) is 1. The molecule has 2 rings (SSSR count). The van der Waals surface area contributed by atoms with Gasteiger partial charge in [-0.2, -0.15) is 0 Å². The second-order valence-corrected chi connectivity index (χ2v) is 5.61. The molecule has 0 aromatic carbocycles. The Morgan fingerprint density at radius 1 is 1.55 bits per heavy atom. The van der Waals surface area contributed by atoms with Gasteiger partial charge in [0.15, 0.2) is 0 Å². The van der Waals surface area contributed by atoms with Gasteiger partial charge < -0.3 is 5.32 Å².